The van der Waals surface area contributed by atoms with Gasteiger partial charge >= 0.3 is 0 Å². The van der Waals surface area contributed by atoms with Gasteiger partial charge in [-0.05, 0) is 25.8 Å². The van der Waals surface area contributed by atoms with E-state index in [-0.39, 0.29) is 0 Å². The summed E-state index contributed by atoms with van der Waals surface area (Å²) in [5, 5.41) is 0. The van der Waals surface area contributed by atoms with Crippen LogP contribution in [0, 0.1) is 0 Å². The third-order valence-electron chi connectivity index (χ3n) is 2.22. The van der Waals surface area contributed by atoms with Crippen molar-refractivity contribution in [3.8, 4) is 0 Å². The zero-order valence-corrected chi connectivity index (χ0v) is 9.10. The Hall–Kier alpha value is -0.300. The molecule has 0 amide bonds. The molecule has 0 radical (unpaired) electrons. The molecule has 0 atom stereocenters. The van der Waals surface area contributed by atoms with Gasteiger partial charge in [-0.15, -0.1) is 0 Å². The Morgan fingerprint density at radius 2 is 1.46 bits per heavy atom. The average molecular weight is 183 g/mol. The van der Waals surface area contributed by atoms with Gasteiger partial charge in [-0.3, -0.25) is 0 Å². The fourth-order valence-electron chi connectivity index (χ4n) is 1.37. The largest absolute Gasteiger partial charge is 0.330 e. The predicted octanol–water partition coefficient (Wildman–Crippen LogP) is 3.64. The van der Waals surface area contributed by atoms with Gasteiger partial charge < -0.3 is 5.73 Å². The average Bonchev–Trinajstić information content (AvgIpc) is 2.16. The summed E-state index contributed by atoms with van der Waals surface area (Å²) >= 11 is 0. The predicted molar refractivity (Wildman–Crippen MR) is 60.8 cm³/mol. The lowest BCUT2D eigenvalue weighted by Gasteiger charge is -1.97. The molecule has 0 aliphatic rings. The van der Waals surface area contributed by atoms with Crippen LogP contribution in [0.25, 0.3) is 0 Å². The molecule has 0 fully saturated rings. The lowest BCUT2D eigenvalue weighted by Crippen LogP contribution is -1.94. The van der Waals surface area contributed by atoms with Crippen molar-refractivity contribution in [2.45, 2.75) is 58.3 Å². The molecule has 2 N–H and O–H groups in total. The van der Waals surface area contributed by atoms with Crippen LogP contribution in [-0.2, 0) is 0 Å². The first kappa shape index (κ1) is 12.7. The Kier molecular flexibility index (Phi) is 11.4. The van der Waals surface area contributed by atoms with Crippen LogP contribution >= 0.6 is 0 Å². The molecule has 0 rings (SSSR count). The second kappa shape index (κ2) is 11.7. The first-order chi connectivity index (χ1) is 6.41. The summed E-state index contributed by atoms with van der Waals surface area (Å²) in [5.74, 6) is 0. The molecule has 0 aromatic heterocycles. The SMILES string of the molecule is CCCCCCCC/C=C/CCN. The maximum atomic E-state index is 5.37. The second-order valence-electron chi connectivity index (χ2n) is 3.61. The molecule has 0 saturated carbocycles. The number of unbranched alkanes of at least 4 members (excludes halogenated alkanes) is 6. The van der Waals surface area contributed by atoms with Crippen LogP contribution in [0.3, 0.4) is 0 Å². The van der Waals surface area contributed by atoms with Crippen molar-refractivity contribution in [1.29, 1.82) is 0 Å². The van der Waals surface area contributed by atoms with E-state index in [1.54, 1.807) is 0 Å². The van der Waals surface area contributed by atoms with Gasteiger partial charge in [0.25, 0.3) is 0 Å². The Labute approximate surface area is 83.4 Å². The molecule has 1 nitrogen and oxygen atoms in total. The van der Waals surface area contributed by atoms with Crippen molar-refractivity contribution >= 4 is 0 Å². The van der Waals surface area contributed by atoms with Gasteiger partial charge in [-0.1, -0.05) is 51.2 Å². The highest BCUT2D eigenvalue weighted by molar-refractivity contribution is 4.81. The summed E-state index contributed by atoms with van der Waals surface area (Å²) in [5.41, 5.74) is 5.37. The van der Waals surface area contributed by atoms with Crippen LogP contribution < -0.4 is 5.73 Å². The summed E-state index contributed by atoms with van der Waals surface area (Å²) in [7, 11) is 0. The molecule has 0 aliphatic carbocycles. The molecule has 0 bridgehead atoms. The standard InChI is InChI=1S/C12H25N/c1-2-3-4-5-6-7-8-9-10-11-12-13/h9-10H,2-8,11-13H2,1H3/b10-9+. The highest BCUT2D eigenvalue weighted by Gasteiger charge is 1.87. The third-order valence-corrected chi connectivity index (χ3v) is 2.22. The van der Waals surface area contributed by atoms with Gasteiger partial charge in [0.1, 0.15) is 0 Å². The monoisotopic (exact) mass is 183 g/mol. The molecule has 0 spiro atoms. The summed E-state index contributed by atoms with van der Waals surface area (Å²) in [4.78, 5) is 0. The normalized spacial score (nSPS) is 11.2. The number of nitrogens with two attached hydrogens (primary N) is 1. The molecular weight excluding hydrogens is 158 g/mol. The van der Waals surface area contributed by atoms with Crippen LogP contribution in [-0.4, -0.2) is 6.54 Å². The van der Waals surface area contributed by atoms with Gasteiger partial charge in [-0.2, -0.15) is 0 Å². The summed E-state index contributed by atoms with van der Waals surface area (Å²) < 4.78 is 0. The van der Waals surface area contributed by atoms with Crippen LogP contribution in [0.1, 0.15) is 58.3 Å². The fraction of sp³-hybridized carbons (Fsp3) is 0.833. The lowest BCUT2D eigenvalue weighted by atomic mass is 10.1. The van der Waals surface area contributed by atoms with E-state index >= 15 is 0 Å². The first-order valence-corrected chi connectivity index (χ1v) is 5.77. The molecular formula is C12H25N. The van der Waals surface area contributed by atoms with Gasteiger partial charge in [0.05, 0.1) is 0 Å². The lowest BCUT2D eigenvalue weighted by molar-refractivity contribution is 0.611. The zero-order valence-electron chi connectivity index (χ0n) is 9.10. The summed E-state index contributed by atoms with van der Waals surface area (Å²) in [6, 6.07) is 0. The fourth-order valence-corrected chi connectivity index (χ4v) is 1.37. The van der Waals surface area contributed by atoms with Crippen molar-refractivity contribution in [3.05, 3.63) is 12.2 Å². The van der Waals surface area contributed by atoms with Crippen LogP contribution in [0.4, 0.5) is 0 Å². The maximum absolute atomic E-state index is 5.37. The Bertz CT molecular complexity index is 108. The van der Waals surface area contributed by atoms with Crippen molar-refractivity contribution in [2.75, 3.05) is 6.54 Å². The smallest absolute Gasteiger partial charge is 0.00426 e. The maximum Gasteiger partial charge on any atom is -0.00426 e. The highest BCUT2D eigenvalue weighted by Crippen LogP contribution is 2.07. The Morgan fingerprint density at radius 3 is 2.15 bits per heavy atom. The number of allylic oxidation sites excluding steroid dienone is 1. The number of hydrogen-bond acceptors (Lipinski definition) is 1. The van der Waals surface area contributed by atoms with Gasteiger partial charge in [0.15, 0.2) is 0 Å². The van der Waals surface area contributed by atoms with E-state index in [1.807, 2.05) is 0 Å². The number of hydrogen-bond donors (Lipinski definition) is 1. The van der Waals surface area contributed by atoms with Crippen molar-refractivity contribution in [1.82, 2.24) is 0 Å². The molecule has 0 aromatic rings. The second-order valence-corrected chi connectivity index (χ2v) is 3.61. The van der Waals surface area contributed by atoms with Crippen molar-refractivity contribution < 1.29 is 0 Å². The molecule has 0 aromatic carbocycles. The molecule has 78 valence electrons. The number of rotatable bonds is 9. The first-order valence-electron chi connectivity index (χ1n) is 5.77. The quantitative estimate of drug-likeness (QED) is 0.428. The van der Waals surface area contributed by atoms with Crippen molar-refractivity contribution in [3.63, 3.8) is 0 Å². The van der Waals surface area contributed by atoms with E-state index in [2.05, 4.69) is 19.1 Å². The molecule has 1 heteroatoms. The van der Waals surface area contributed by atoms with E-state index in [0.29, 0.717) is 0 Å². The summed E-state index contributed by atoms with van der Waals surface area (Å²) in [6.45, 7) is 3.04. The van der Waals surface area contributed by atoms with Gasteiger partial charge in [-0.25, -0.2) is 0 Å². The zero-order chi connectivity index (χ0) is 9.78. The highest BCUT2D eigenvalue weighted by atomic mass is 14.5. The third kappa shape index (κ3) is 11.7. The van der Waals surface area contributed by atoms with Crippen molar-refractivity contribution in [2.24, 2.45) is 5.73 Å². The minimum Gasteiger partial charge on any atom is -0.330 e. The van der Waals surface area contributed by atoms with E-state index in [4.69, 9.17) is 5.73 Å². The molecule has 0 unspecified atom stereocenters. The molecule has 13 heavy (non-hydrogen) atoms. The Balaban J connectivity index is 2.91. The minimum absolute atomic E-state index is 0.785. The molecule has 0 heterocycles. The van der Waals surface area contributed by atoms with E-state index in [9.17, 15) is 0 Å². The van der Waals surface area contributed by atoms with Gasteiger partial charge in [0, 0.05) is 0 Å². The van der Waals surface area contributed by atoms with Crippen LogP contribution in [0.5, 0.6) is 0 Å². The van der Waals surface area contributed by atoms with Crippen LogP contribution in [0.2, 0.25) is 0 Å². The summed E-state index contributed by atoms with van der Waals surface area (Å²) in [6.07, 6.45) is 15.1. The van der Waals surface area contributed by atoms with E-state index < -0.39 is 0 Å². The van der Waals surface area contributed by atoms with E-state index in [1.165, 1.54) is 44.9 Å². The topological polar surface area (TPSA) is 26.0 Å². The minimum atomic E-state index is 0.785. The molecule has 0 saturated heterocycles. The van der Waals surface area contributed by atoms with Gasteiger partial charge in [0.2, 0.25) is 0 Å². The van der Waals surface area contributed by atoms with E-state index in [0.717, 1.165) is 13.0 Å². The van der Waals surface area contributed by atoms with Crippen LogP contribution in [0.15, 0.2) is 12.2 Å². The Morgan fingerprint density at radius 1 is 0.846 bits per heavy atom. The molecule has 0 aliphatic heterocycles.